The van der Waals surface area contributed by atoms with Gasteiger partial charge in [-0.05, 0) is 43.4 Å². The van der Waals surface area contributed by atoms with Gasteiger partial charge in [-0.15, -0.1) is 0 Å². The maximum atomic E-state index is 10.3. The Morgan fingerprint density at radius 1 is 1.12 bits per heavy atom. The number of ether oxygens (including phenoxy) is 1. The molecule has 1 aliphatic rings. The summed E-state index contributed by atoms with van der Waals surface area (Å²) in [5.74, 6) is 0.525. The van der Waals surface area contributed by atoms with E-state index in [-0.39, 0.29) is 11.7 Å². The van der Waals surface area contributed by atoms with E-state index in [9.17, 15) is 5.11 Å². The van der Waals surface area contributed by atoms with Crippen molar-refractivity contribution in [3.05, 3.63) is 0 Å². The third-order valence-electron chi connectivity index (χ3n) is 4.16. The second-order valence-corrected chi connectivity index (χ2v) is 6.58. The molecule has 1 fully saturated rings. The SMILES string of the molecule is COC1(C(O)CC(C)C)CCC(C)(C)CC1. The lowest BCUT2D eigenvalue weighted by Crippen LogP contribution is -2.48. The standard InChI is InChI=1S/C14H28O2/c1-11(2)10-12(15)14(16-5)8-6-13(3,4)7-9-14/h11-12,15H,6-10H2,1-5H3. The summed E-state index contributed by atoms with van der Waals surface area (Å²) in [7, 11) is 1.75. The van der Waals surface area contributed by atoms with E-state index in [2.05, 4.69) is 27.7 Å². The van der Waals surface area contributed by atoms with Crippen LogP contribution in [-0.4, -0.2) is 23.9 Å². The largest absolute Gasteiger partial charge is 0.390 e. The maximum Gasteiger partial charge on any atom is 0.0936 e. The van der Waals surface area contributed by atoms with Crippen molar-refractivity contribution in [2.24, 2.45) is 11.3 Å². The minimum atomic E-state index is -0.311. The fraction of sp³-hybridized carbons (Fsp3) is 1.00. The molecule has 0 aliphatic heterocycles. The van der Waals surface area contributed by atoms with Gasteiger partial charge in [0.25, 0.3) is 0 Å². The highest BCUT2D eigenvalue weighted by Gasteiger charge is 2.43. The van der Waals surface area contributed by atoms with Gasteiger partial charge < -0.3 is 9.84 Å². The molecule has 1 atom stereocenters. The van der Waals surface area contributed by atoms with Gasteiger partial charge >= 0.3 is 0 Å². The molecule has 0 amide bonds. The maximum absolute atomic E-state index is 10.3. The van der Waals surface area contributed by atoms with Crippen LogP contribution in [-0.2, 0) is 4.74 Å². The third-order valence-corrected chi connectivity index (χ3v) is 4.16. The van der Waals surface area contributed by atoms with Gasteiger partial charge in [0.05, 0.1) is 11.7 Å². The Bertz CT molecular complexity index is 211. The van der Waals surface area contributed by atoms with Gasteiger partial charge in [0.1, 0.15) is 0 Å². The Hall–Kier alpha value is -0.0800. The van der Waals surface area contributed by atoms with Crippen LogP contribution in [0.25, 0.3) is 0 Å². The lowest BCUT2D eigenvalue weighted by Gasteiger charge is -2.45. The van der Waals surface area contributed by atoms with Crippen LogP contribution >= 0.6 is 0 Å². The molecule has 0 aromatic rings. The molecule has 1 rings (SSSR count). The van der Waals surface area contributed by atoms with Crippen LogP contribution in [0, 0.1) is 11.3 Å². The molecule has 96 valence electrons. The van der Waals surface area contributed by atoms with Gasteiger partial charge in [0, 0.05) is 7.11 Å². The first-order valence-corrected chi connectivity index (χ1v) is 6.54. The number of hydrogen-bond acceptors (Lipinski definition) is 2. The highest BCUT2D eigenvalue weighted by Crippen LogP contribution is 2.44. The van der Waals surface area contributed by atoms with Gasteiger partial charge in [-0.25, -0.2) is 0 Å². The zero-order valence-electron chi connectivity index (χ0n) is 11.5. The smallest absolute Gasteiger partial charge is 0.0936 e. The summed E-state index contributed by atoms with van der Waals surface area (Å²) >= 11 is 0. The lowest BCUT2D eigenvalue weighted by molar-refractivity contribution is -0.140. The van der Waals surface area contributed by atoms with Crippen LogP contribution in [0.3, 0.4) is 0 Å². The zero-order chi connectivity index (χ0) is 12.4. The van der Waals surface area contributed by atoms with Crippen molar-refractivity contribution in [2.45, 2.75) is 71.5 Å². The molecule has 0 radical (unpaired) electrons. The Labute approximate surface area is 100 Å². The summed E-state index contributed by atoms with van der Waals surface area (Å²) in [5.41, 5.74) is 0.138. The van der Waals surface area contributed by atoms with Crippen LogP contribution < -0.4 is 0 Å². The molecule has 0 spiro atoms. The van der Waals surface area contributed by atoms with Crippen molar-refractivity contribution in [1.29, 1.82) is 0 Å². The molecule has 0 aromatic heterocycles. The van der Waals surface area contributed by atoms with E-state index < -0.39 is 0 Å². The van der Waals surface area contributed by atoms with Crippen LogP contribution in [0.4, 0.5) is 0 Å². The predicted molar refractivity (Wildman–Crippen MR) is 67.5 cm³/mol. The zero-order valence-corrected chi connectivity index (χ0v) is 11.5. The van der Waals surface area contributed by atoms with Crippen molar-refractivity contribution in [2.75, 3.05) is 7.11 Å². The van der Waals surface area contributed by atoms with Gasteiger partial charge in [-0.1, -0.05) is 27.7 Å². The lowest BCUT2D eigenvalue weighted by atomic mass is 9.68. The number of aliphatic hydroxyl groups excluding tert-OH is 1. The summed E-state index contributed by atoms with van der Waals surface area (Å²) in [6.07, 6.45) is 4.81. The van der Waals surface area contributed by atoms with Crippen molar-refractivity contribution in [1.82, 2.24) is 0 Å². The average Bonchev–Trinajstić information content (AvgIpc) is 2.17. The monoisotopic (exact) mass is 228 g/mol. The molecule has 0 bridgehead atoms. The second-order valence-electron chi connectivity index (χ2n) is 6.58. The first kappa shape index (κ1) is 14.0. The number of hydrogen-bond donors (Lipinski definition) is 1. The first-order valence-electron chi connectivity index (χ1n) is 6.54. The van der Waals surface area contributed by atoms with E-state index >= 15 is 0 Å². The van der Waals surface area contributed by atoms with E-state index in [4.69, 9.17) is 4.74 Å². The van der Waals surface area contributed by atoms with Gasteiger partial charge in [0.2, 0.25) is 0 Å². The van der Waals surface area contributed by atoms with Crippen molar-refractivity contribution < 1.29 is 9.84 Å². The topological polar surface area (TPSA) is 29.5 Å². The molecule has 2 nitrogen and oxygen atoms in total. The molecule has 16 heavy (non-hydrogen) atoms. The summed E-state index contributed by atoms with van der Waals surface area (Å²) in [6, 6.07) is 0. The molecule has 2 heteroatoms. The van der Waals surface area contributed by atoms with E-state index in [0.29, 0.717) is 11.3 Å². The third kappa shape index (κ3) is 3.21. The number of aliphatic hydroxyl groups is 1. The fourth-order valence-corrected chi connectivity index (χ4v) is 2.68. The van der Waals surface area contributed by atoms with Crippen LogP contribution in [0.2, 0.25) is 0 Å². The molecule has 1 saturated carbocycles. The molecule has 1 unspecified atom stereocenters. The summed E-state index contributed by atoms with van der Waals surface area (Å²) < 4.78 is 5.68. The second kappa shape index (κ2) is 5.05. The van der Waals surface area contributed by atoms with Crippen molar-refractivity contribution >= 4 is 0 Å². The van der Waals surface area contributed by atoms with Crippen molar-refractivity contribution in [3.63, 3.8) is 0 Å². The van der Waals surface area contributed by atoms with E-state index in [1.807, 2.05) is 0 Å². The highest BCUT2D eigenvalue weighted by atomic mass is 16.5. The predicted octanol–water partition coefficient (Wildman–Crippen LogP) is 3.38. The summed E-state index contributed by atoms with van der Waals surface area (Å²) in [5, 5.41) is 10.3. The molecule has 0 heterocycles. The quantitative estimate of drug-likeness (QED) is 0.799. The fourth-order valence-electron chi connectivity index (χ4n) is 2.68. The normalized spacial score (nSPS) is 25.7. The van der Waals surface area contributed by atoms with Crippen LogP contribution in [0.5, 0.6) is 0 Å². The highest BCUT2D eigenvalue weighted by molar-refractivity contribution is 4.95. The summed E-state index contributed by atoms with van der Waals surface area (Å²) in [4.78, 5) is 0. The number of rotatable bonds is 4. The molecule has 0 aromatic carbocycles. The van der Waals surface area contributed by atoms with Gasteiger partial charge in [-0.3, -0.25) is 0 Å². The molecule has 1 N–H and O–H groups in total. The van der Waals surface area contributed by atoms with Crippen LogP contribution in [0.15, 0.2) is 0 Å². The Balaban J connectivity index is 2.65. The Morgan fingerprint density at radius 2 is 1.62 bits per heavy atom. The van der Waals surface area contributed by atoms with Crippen molar-refractivity contribution in [3.8, 4) is 0 Å². The Kier molecular flexibility index (Phi) is 4.42. The summed E-state index contributed by atoms with van der Waals surface area (Å²) in [6.45, 7) is 8.92. The first-order chi connectivity index (χ1) is 7.31. The molecule has 0 saturated heterocycles. The van der Waals surface area contributed by atoms with Crippen LogP contribution in [0.1, 0.15) is 59.8 Å². The molecule has 1 aliphatic carbocycles. The van der Waals surface area contributed by atoms with Gasteiger partial charge in [-0.2, -0.15) is 0 Å². The minimum absolute atomic E-state index is 0.278. The number of methoxy groups -OCH3 is 1. The Morgan fingerprint density at radius 3 is 2.00 bits per heavy atom. The van der Waals surface area contributed by atoms with E-state index in [1.54, 1.807) is 7.11 Å². The van der Waals surface area contributed by atoms with E-state index in [0.717, 1.165) is 32.1 Å². The molecular weight excluding hydrogens is 200 g/mol. The average molecular weight is 228 g/mol. The minimum Gasteiger partial charge on any atom is -0.390 e. The van der Waals surface area contributed by atoms with E-state index in [1.165, 1.54) is 0 Å². The van der Waals surface area contributed by atoms with Gasteiger partial charge in [0.15, 0.2) is 0 Å². The molecular formula is C14H28O2.